The highest BCUT2D eigenvalue weighted by molar-refractivity contribution is 5.86. The van der Waals surface area contributed by atoms with E-state index in [9.17, 15) is 5.11 Å². The molecule has 2 heteroatoms. The molecular formula is C18H20O2. The standard InChI is InChI=1S/C16H14O2.C2H6/c1-11-10-18-15-5-3-2-4-14(15)16(11)12-6-8-13(17)9-7-12;1-2/h2-9,17H,10H2,1H3;1-2H3. The second-order valence-electron chi connectivity index (χ2n) is 4.49. The van der Waals surface area contributed by atoms with E-state index in [1.54, 1.807) is 12.1 Å². The minimum atomic E-state index is 0.289. The minimum absolute atomic E-state index is 0.289. The van der Waals surface area contributed by atoms with Gasteiger partial charge in [0.05, 0.1) is 0 Å². The molecule has 0 atom stereocenters. The molecule has 0 radical (unpaired) electrons. The van der Waals surface area contributed by atoms with Crippen molar-refractivity contribution < 1.29 is 9.84 Å². The first-order valence-corrected chi connectivity index (χ1v) is 6.97. The van der Waals surface area contributed by atoms with Gasteiger partial charge >= 0.3 is 0 Å². The van der Waals surface area contributed by atoms with Crippen molar-refractivity contribution in [2.24, 2.45) is 0 Å². The molecule has 1 N–H and O–H groups in total. The van der Waals surface area contributed by atoms with Crippen LogP contribution in [0.4, 0.5) is 0 Å². The van der Waals surface area contributed by atoms with Gasteiger partial charge in [0.15, 0.2) is 0 Å². The minimum Gasteiger partial charge on any atom is -0.508 e. The molecule has 3 rings (SSSR count). The van der Waals surface area contributed by atoms with Gasteiger partial charge in [0, 0.05) is 5.56 Å². The highest BCUT2D eigenvalue weighted by Crippen LogP contribution is 2.37. The normalized spacial score (nSPS) is 12.9. The van der Waals surface area contributed by atoms with E-state index in [0.29, 0.717) is 6.61 Å². The summed E-state index contributed by atoms with van der Waals surface area (Å²) in [5, 5.41) is 9.38. The first-order valence-electron chi connectivity index (χ1n) is 6.97. The fourth-order valence-corrected chi connectivity index (χ4v) is 2.32. The number of phenolic OH excluding ortho intramolecular Hbond substituents is 1. The molecule has 1 aliphatic heterocycles. The van der Waals surface area contributed by atoms with E-state index in [4.69, 9.17) is 4.74 Å². The third kappa shape index (κ3) is 2.69. The van der Waals surface area contributed by atoms with Crippen LogP contribution in [0, 0.1) is 0 Å². The molecule has 0 saturated heterocycles. The van der Waals surface area contributed by atoms with Crippen molar-refractivity contribution in [3.8, 4) is 11.5 Å². The Hall–Kier alpha value is -2.22. The summed E-state index contributed by atoms with van der Waals surface area (Å²) in [4.78, 5) is 0. The van der Waals surface area contributed by atoms with Gasteiger partial charge in [0.1, 0.15) is 18.1 Å². The Labute approximate surface area is 120 Å². The number of hydrogen-bond donors (Lipinski definition) is 1. The summed E-state index contributed by atoms with van der Waals surface area (Å²) in [5.74, 6) is 1.21. The predicted molar refractivity (Wildman–Crippen MR) is 83.1 cm³/mol. The van der Waals surface area contributed by atoms with Crippen LogP contribution in [0.25, 0.3) is 5.57 Å². The van der Waals surface area contributed by atoms with Gasteiger partial charge in [-0.05, 0) is 41.8 Å². The highest BCUT2D eigenvalue weighted by Gasteiger charge is 2.18. The summed E-state index contributed by atoms with van der Waals surface area (Å²) in [6.07, 6.45) is 0. The lowest BCUT2D eigenvalue weighted by Gasteiger charge is -2.22. The number of phenols is 1. The van der Waals surface area contributed by atoms with Crippen molar-refractivity contribution in [1.29, 1.82) is 0 Å². The summed E-state index contributed by atoms with van der Waals surface area (Å²) >= 11 is 0. The van der Waals surface area contributed by atoms with Crippen LogP contribution in [0.2, 0.25) is 0 Å². The van der Waals surface area contributed by atoms with Gasteiger partial charge in [-0.25, -0.2) is 0 Å². The monoisotopic (exact) mass is 268 g/mol. The molecule has 20 heavy (non-hydrogen) atoms. The molecule has 0 amide bonds. The summed E-state index contributed by atoms with van der Waals surface area (Å²) in [6.45, 7) is 6.70. The lowest BCUT2D eigenvalue weighted by molar-refractivity contribution is 0.346. The van der Waals surface area contributed by atoms with E-state index in [-0.39, 0.29) is 5.75 Å². The van der Waals surface area contributed by atoms with E-state index in [2.05, 4.69) is 13.0 Å². The molecule has 1 heterocycles. The van der Waals surface area contributed by atoms with Gasteiger partial charge in [0.25, 0.3) is 0 Å². The van der Waals surface area contributed by atoms with Crippen molar-refractivity contribution in [3.05, 3.63) is 65.2 Å². The largest absolute Gasteiger partial charge is 0.508 e. The van der Waals surface area contributed by atoms with Crippen LogP contribution in [0.3, 0.4) is 0 Å². The van der Waals surface area contributed by atoms with Gasteiger partial charge in [-0.3, -0.25) is 0 Å². The van der Waals surface area contributed by atoms with Crippen LogP contribution in [-0.4, -0.2) is 11.7 Å². The summed E-state index contributed by atoms with van der Waals surface area (Å²) in [7, 11) is 0. The molecule has 2 aromatic carbocycles. The fourth-order valence-electron chi connectivity index (χ4n) is 2.32. The molecule has 0 spiro atoms. The SMILES string of the molecule is CC.CC1=C(c2ccc(O)cc2)c2ccccc2OC1. The molecular weight excluding hydrogens is 248 g/mol. The second-order valence-corrected chi connectivity index (χ2v) is 4.49. The number of rotatable bonds is 1. The van der Waals surface area contributed by atoms with Crippen molar-refractivity contribution in [2.75, 3.05) is 6.61 Å². The maximum Gasteiger partial charge on any atom is 0.127 e. The number of hydrogen-bond acceptors (Lipinski definition) is 2. The number of fused-ring (bicyclic) bond motifs is 1. The quantitative estimate of drug-likeness (QED) is 0.817. The van der Waals surface area contributed by atoms with Gasteiger partial charge in [-0.2, -0.15) is 0 Å². The van der Waals surface area contributed by atoms with E-state index in [1.165, 1.54) is 11.1 Å². The number of benzene rings is 2. The zero-order chi connectivity index (χ0) is 14.5. The summed E-state index contributed by atoms with van der Waals surface area (Å²) in [6, 6.07) is 15.4. The third-order valence-corrected chi connectivity index (χ3v) is 3.18. The molecule has 0 fully saturated rings. The van der Waals surface area contributed by atoms with Crippen LogP contribution in [0.5, 0.6) is 11.5 Å². The molecule has 0 bridgehead atoms. The van der Waals surface area contributed by atoms with Crippen LogP contribution < -0.4 is 4.74 Å². The summed E-state index contributed by atoms with van der Waals surface area (Å²) in [5.41, 5.74) is 4.64. The predicted octanol–water partition coefficient (Wildman–Crippen LogP) is 4.63. The Balaban J connectivity index is 0.000000704. The number of ether oxygens (including phenoxy) is 1. The molecule has 1 aliphatic rings. The van der Waals surface area contributed by atoms with Crippen molar-refractivity contribution in [3.63, 3.8) is 0 Å². The Morgan fingerprint density at radius 3 is 2.30 bits per heavy atom. The van der Waals surface area contributed by atoms with Gasteiger partial charge in [-0.1, -0.05) is 44.2 Å². The molecule has 0 aromatic heterocycles. The van der Waals surface area contributed by atoms with E-state index in [1.807, 2.05) is 44.2 Å². The number of aromatic hydroxyl groups is 1. The van der Waals surface area contributed by atoms with Crippen molar-refractivity contribution in [1.82, 2.24) is 0 Å². The first kappa shape index (κ1) is 14.2. The second kappa shape index (κ2) is 6.29. The summed E-state index contributed by atoms with van der Waals surface area (Å²) < 4.78 is 5.70. The zero-order valence-corrected chi connectivity index (χ0v) is 12.2. The average molecular weight is 268 g/mol. The smallest absolute Gasteiger partial charge is 0.127 e. The molecule has 2 aromatic rings. The van der Waals surface area contributed by atoms with Gasteiger partial charge < -0.3 is 9.84 Å². The van der Waals surface area contributed by atoms with Gasteiger partial charge in [0.2, 0.25) is 0 Å². The van der Waals surface area contributed by atoms with Crippen molar-refractivity contribution >= 4 is 5.57 Å². The number of para-hydroxylation sites is 1. The Bertz CT molecular complexity index is 610. The van der Waals surface area contributed by atoms with E-state index in [0.717, 1.165) is 16.9 Å². The van der Waals surface area contributed by atoms with Crippen LogP contribution in [0.15, 0.2) is 54.1 Å². The van der Waals surface area contributed by atoms with E-state index < -0.39 is 0 Å². The van der Waals surface area contributed by atoms with Crippen molar-refractivity contribution in [2.45, 2.75) is 20.8 Å². The van der Waals surface area contributed by atoms with E-state index >= 15 is 0 Å². The average Bonchev–Trinajstić information content (AvgIpc) is 2.50. The Morgan fingerprint density at radius 2 is 1.60 bits per heavy atom. The lowest BCUT2D eigenvalue weighted by atomic mass is 9.91. The maximum absolute atomic E-state index is 9.38. The molecule has 0 aliphatic carbocycles. The molecule has 2 nitrogen and oxygen atoms in total. The fraction of sp³-hybridized carbons (Fsp3) is 0.222. The highest BCUT2D eigenvalue weighted by atomic mass is 16.5. The first-order chi connectivity index (χ1) is 9.75. The third-order valence-electron chi connectivity index (χ3n) is 3.18. The molecule has 0 saturated carbocycles. The maximum atomic E-state index is 9.38. The van der Waals surface area contributed by atoms with Crippen LogP contribution in [0.1, 0.15) is 31.9 Å². The Kier molecular flexibility index (Phi) is 4.46. The lowest BCUT2D eigenvalue weighted by Crippen LogP contribution is -2.10. The van der Waals surface area contributed by atoms with Crippen LogP contribution in [-0.2, 0) is 0 Å². The Morgan fingerprint density at radius 1 is 0.950 bits per heavy atom. The van der Waals surface area contributed by atoms with Crippen LogP contribution >= 0.6 is 0 Å². The van der Waals surface area contributed by atoms with Gasteiger partial charge in [-0.15, -0.1) is 0 Å². The molecule has 104 valence electrons. The topological polar surface area (TPSA) is 29.5 Å². The zero-order valence-electron chi connectivity index (χ0n) is 12.2. The molecule has 0 unspecified atom stereocenters.